The van der Waals surface area contributed by atoms with Crippen LogP contribution in [0, 0.1) is 6.92 Å². The lowest BCUT2D eigenvalue weighted by molar-refractivity contribution is 0.0520. The van der Waals surface area contributed by atoms with Crippen LogP contribution in [0.4, 0.5) is 4.79 Å². The number of hydrogen-bond acceptors (Lipinski definition) is 7. The van der Waals surface area contributed by atoms with E-state index in [2.05, 4.69) is 4.98 Å². The van der Waals surface area contributed by atoms with Crippen molar-refractivity contribution in [1.82, 2.24) is 14.1 Å². The first-order chi connectivity index (χ1) is 16.5. The predicted octanol–water partition coefficient (Wildman–Crippen LogP) is 4.98. The Morgan fingerprint density at radius 3 is 2.60 bits per heavy atom. The molecular formula is C25H24ClN3O6. The molecule has 0 aliphatic rings. The van der Waals surface area contributed by atoms with Gasteiger partial charge in [0.1, 0.15) is 16.9 Å². The number of furan rings is 1. The van der Waals surface area contributed by atoms with E-state index in [-0.39, 0.29) is 11.4 Å². The van der Waals surface area contributed by atoms with Crippen LogP contribution in [0.5, 0.6) is 11.6 Å². The molecule has 182 valence electrons. The van der Waals surface area contributed by atoms with Crippen LogP contribution in [-0.4, -0.2) is 25.8 Å². The molecule has 0 saturated heterocycles. The number of fused-ring (bicyclic) bond motifs is 1. The van der Waals surface area contributed by atoms with Gasteiger partial charge in [-0.15, -0.1) is 11.6 Å². The van der Waals surface area contributed by atoms with Gasteiger partial charge in [0.25, 0.3) is 5.56 Å². The fourth-order valence-electron chi connectivity index (χ4n) is 3.74. The second-order valence-electron chi connectivity index (χ2n) is 8.94. The number of carbonyl (C=O) groups excluding carboxylic acids is 1. The first-order valence-electron chi connectivity index (χ1n) is 10.8. The van der Waals surface area contributed by atoms with Gasteiger partial charge >= 0.3 is 11.8 Å². The highest BCUT2D eigenvalue weighted by molar-refractivity contribution is 6.17. The van der Waals surface area contributed by atoms with Gasteiger partial charge in [-0.3, -0.25) is 9.36 Å². The molecule has 0 spiro atoms. The lowest BCUT2D eigenvalue weighted by Gasteiger charge is -2.21. The smallest absolute Gasteiger partial charge is 0.425 e. The van der Waals surface area contributed by atoms with E-state index in [4.69, 9.17) is 25.5 Å². The molecule has 0 saturated carbocycles. The molecule has 3 aromatic heterocycles. The molecule has 4 rings (SSSR count). The zero-order valence-corrected chi connectivity index (χ0v) is 20.7. The number of benzene rings is 1. The monoisotopic (exact) mass is 497 g/mol. The molecule has 1 aromatic carbocycles. The predicted molar refractivity (Wildman–Crippen MR) is 131 cm³/mol. The van der Waals surface area contributed by atoms with Crippen LogP contribution in [0.2, 0.25) is 0 Å². The maximum Gasteiger partial charge on any atom is 0.425 e. The SMILES string of the molecule is Cc1c(-c2ccc(Oc3nccc4occc34)cc2CCl)n(C)c(=O)n(C(=O)OC(C)(C)C)c1=O. The molecule has 0 fully saturated rings. The van der Waals surface area contributed by atoms with Gasteiger partial charge in [0.15, 0.2) is 0 Å². The number of rotatable bonds is 4. The first kappa shape index (κ1) is 24.3. The summed E-state index contributed by atoms with van der Waals surface area (Å²) in [6, 6.07) is 8.61. The Bertz CT molecular complexity index is 1520. The van der Waals surface area contributed by atoms with Gasteiger partial charge in [0.05, 0.1) is 17.3 Å². The quantitative estimate of drug-likeness (QED) is 0.366. The largest absolute Gasteiger partial charge is 0.464 e. The average Bonchev–Trinajstić information content (AvgIpc) is 3.27. The topological polar surface area (TPSA) is 106 Å². The summed E-state index contributed by atoms with van der Waals surface area (Å²) >= 11 is 6.24. The van der Waals surface area contributed by atoms with Gasteiger partial charge in [-0.2, -0.15) is 4.57 Å². The summed E-state index contributed by atoms with van der Waals surface area (Å²) in [4.78, 5) is 42.9. The van der Waals surface area contributed by atoms with Gasteiger partial charge in [-0.05, 0) is 63.6 Å². The fraction of sp³-hybridized carbons (Fsp3) is 0.280. The summed E-state index contributed by atoms with van der Waals surface area (Å²) < 4.78 is 18.3. The highest BCUT2D eigenvalue weighted by Gasteiger charge is 2.25. The summed E-state index contributed by atoms with van der Waals surface area (Å²) in [6.07, 6.45) is 2.10. The number of nitrogens with zero attached hydrogens (tertiary/aromatic N) is 3. The van der Waals surface area contributed by atoms with Crippen molar-refractivity contribution in [3.05, 3.63) is 74.8 Å². The number of halogens is 1. The second-order valence-corrected chi connectivity index (χ2v) is 9.21. The highest BCUT2D eigenvalue weighted by Crippen LogP contribution is 2.33. The lowest BCUT2D eigenvalue weighted by Crippen LogP contribution is -2.46. The second kappa shape index (κ2) is 9.07. The Morgan fingerprint density at radius 2 is 1.91 bits per heavy atom. The third-order valence-corrected chi connectivity index (χ3v) is 5.59. The summed E-state index contributed by atoms with van der Waals surface area (Å²) in [7, 11) is 1.48. The van der Waals surface area contributed by atoms with Crippen molar-refractivity contribution in [2.24, 2.45) is 7.05 Å². The fourth-order valence-corrected chi connectivity index (χ4v) is 3.96. The van der Waals surface area contributed by atoms with Crippen LogP contribution >= 0.6 is 11.6 Å². The number of hydrogen-bond donors (Lipinski definition) is 0. The third-order valence-electron chi connectivity index (χ3n) is 5.30. The summed E-state index contributed by atoms with van der Waals surface area (Å²) in [5, 5.41) is 0.716. The summed E-state index contributed by atoms with van der Waals surface area (Å²) in [5.41, 5.74) is -0.0787. The minimum absolute atomic E-state index is 0.0820. The molecule has 9 nitrogen and oxygen atoms in total. The molecule has 35 heavy (non-hydrogen) atoms. The van der Waals surface area contributed by atoms with Crippen LogP contribution in [0.25, 0.3) is 22.2 Å². The minimum Gasteiger partial charge on any atom is -0.464 e. The van der Waals surface area contributed by atoms with Crippen LogP contribution < -0.4 is 16.0 Å². The van der Waals surface area contributed by atoms with Crippen LogP contribution in [0.15, 0.2) is 56.8 Å². The maximum atomic E-state index is 13.0. The van der Waals surface area contributed by atoms with Crippen LogP contribution in [0.3, 0.4) is 0 Å². The lowest BCUT2D eigenvalue weighted by atomic mass is 10.0. The van der Waals surface area contributed by atoms with Gasteiger partial charge in [-0.1, -0.05) is 0 Å². The normalized spacial score (nSPS) is 11.6. The van der Waals surface area contributed by atoms with Crippen molar-refractivity contribution >= 4 is 28.7 Å². The maximum absolute atomic E-state index is 13.0. The number of alkyl halides is 1. The zero-order valence-electron chi connectivity index (χ0n) is 19.9. The zero-order chi connectivity index (χ0) is 25.5. The standard InChI is InChI=1S/C25H24ClN3O6/c1-14-20(28(5)23(31)29(22(14)30)24(32)35-25(2,3)4)17-7-6-16(12-15(17)13-26)34-21-18-9-11-33-19(18)8-10-27-21/h6-12H,13H2,1-5H3. The number of ether oxygens (including phenoxy) is 2. The molecule has 0 N–H and O–H groups in total. The molecule has 10 heteroatoms. The van der Waals surface area contributed by atoms with E-state index < -0.39 is 22.9 Å². The highest BCUT2D eigenvalue weighted by atomic mass is 35.5. The summed E-state index contributed by atoms with van der Waals surface area (Å²) in [5.74, 6) is 0.918. The van der Waals surface area contributed by atoms with E-state index >= 15 is 0 Å². The molecule has 3 heterocycles. The van der Waals surface area contributed by atoms with E-state index in [1.54, 1.807) is 70.5 Å². The Hall–Kier alpha value is -3.85. The Labute approximate surface area is 205 Å². The Morgan fingerprint density at radius 1 is 1.17 bits per heavy atom. The van der Waals surface area contributed by atoms with Crippen molar-refractivity contribution in [3.63, 3.8) is 0 Å². The Kier molecular flexibility index (Phi) is 6.29. The van der Waals surface area contributed by atoms with E-state index in [9.17, 15) is 14.4 Å². The molecule has 4 aromatic rings. The van der Waals surface area contributed by atoms with Crippen molar-refractivity contribution in [2.75, 3.05) is 0 Å². The van der Waals surface area contributed by atoms with E-state index in [1.807, 2.05) is 0 Å². The number of carbonyl (C=O) groups is 1. The van der Waals surface area contributed by atoms with Crippen LogP contribution in [0.1, 0.15) is 31.9 Å². The van der Waals surface area contributed by atoms with Gasteiger partial charge in [-0.25, -0.2) is 14.6 Å². The summed E-state index contributed by atoms with van der Waals surface area (Å²) in [6.45, 7) is 6.51. The van der Waals surface area contributed by atoms with Crippen molar-refractivity contribution in [2.45, 2.75) is 39.2 Å². The Balaban J connectivity index is 1.79. The van der Waals surface area contributed by atoms with Crippen molar-refractivity contribution in [3.8, 4) is 22.9 Å². The molecule has 0 atom stereocenters. The van der Waals surface area contributed by atoms with Crippen molar-refractivity contribution < 1.29 is 18.7 Å². The van der Waals surface area contributed by atoms with E-state index in [0.29, 0.717) is 44.0 Å². The van der Waals surface area contributed by atoms with Gasteiger partial charge in [0, 0.05) is 30.3 Å². The van der Waals surface area contributed by atoms with Gasteiger partial charge in [0.2, 0.25) is 5.88 Å². The number of pyridine rings is 1. The minimum atomic E-state index is -1.03. The molecular weight excluding hydrogens is 474 g/mol. The van der Waals surface area contributed by atoms with Crippen molar-refractivity contribution in [1.29, 1.82) is 0 Å². The number of aromatic nitrogens is 3. The molecule has 0 aliphatic heterocycles. The molecule has 0 radical (unpaired) electrons. The van der Waals surface area contributed by atoms with E-state index in [0.717, 1.165) is 0 Å². The molecule has 0 amide bonds. The van der Waals surface area contributed by atoms with Gasteiger partial charge < -0.3 is 13.9 Å². The molecule has 0 bridgehead atoms. The first-order valence-corrected chi connectivity index (χ1v) is 11.3. The van der Waals surface area contributed by atoms with E-state index in [1.165, 1.54) is 11.6 Å². The average molecular weight is 498 g/mol. The van der Waals surface area contributed by atoms with Crippen LogP contribution in [-0.2, 0) is 17.7 Å². The molecule has 0 unspecified atom stereocenters. The third kappa shape index (κ3) is 4.59. The molecule has 0 aliphatic carbocycles.